The van der Waals surface area contributed by atoms with Gasteiger partial charge in [-0.05, 0) is 12.1 Å². The summed E-state index contributed by atoms with van der Waals surface area (Å²) in [6, 6.07) is 7.35. The number of nitrogens with one attached hydrogen (secondary N) is 1. The largest absolute Gasteiger partial charge is 0.345 e. The van der Waals surface area contributed by atoms with Crippen molar-refractivity contribution < 1.29 is 4.79 Å². The molecule has 0 spiro atoms. The lowest BCUT2D eigenvalue weighted by atomic mass is 10.2. The lowest BCUT2D eigenvalue weighted by molar-refractivity contribution is 0.0952. The molecule has 1 N–H and O–H groups in total. The number of rotatable bonds is 0. The van der Waals surface area contributed by atoms with Crippen LogP contribution >= 0.6 is 0 Å². The van der Waals surface area contributed by atoms with E-state index in [0.717, 1.165) is 11.5 Å². The summed E-state index contributed by atoms with van der Waals surface area (Å²) in [5.74, 6) is 0.659. The molecule has 0 saturated carbocycles. The van der Waals surface area contributed by atoms with Crippen molar-refractivity contribution in [3.63, 3.8) is 0 Å². The van der Waals surface area contributed by atoms with Gasteiger partial charge in [-0.2, -0.15) is 5.10 Å². The minimum absolute atomic E-state index is 0.0853. The number of carbonyl (C=O) groups excluding carboxylic acids is 1. The lowest BCUT2D eigenvalue weighted by Gasteiger charge is -2.04. The molecule has 0 unspecified atom stereocenters. The third-order valence-corrected chi connectivity index (χ3v) is 2.40. The van der Waals surface area contributed by atoms with E-state index < -0.39 is 0 Å². The fraction of sp³-hybridized carbons (Fsp3) is 0.100. The van der Waals surface area contributed by atoms with Gasteiger partial charge in [0.1, 0.15) is 6.33 Å². The van der Waals surface area contributed by atoms with Crippen molar-refractivity contribution in [2.45, 2.75) is 6.54 Å². The molecular weight excluding hydrogens is 192 g/mol. The van der Waals surface area contributed by atoms with Crippen LogP contribution in [0.1, 0.15) is 16.2 Å². The SMILES string of the molecule is O=C1NCc2ncnn2-c2ccccc21. The van der Waals surface area contributed by atoms with Gasteiger partial charge in [-0.15, -0.1) is 0 Å². The normalized spacial score (nSPS) is 13.7. The van der Waals surface area contributed by atoms with Gasteiger partial charge in [0, 0.05) is 0 Å². The second-order valence-corrected chi connectivity index (χ2v) is 3.29. The van der Waals surface area contributed by atoms with Crippen LogP contribution in [0.2, 0.25) is 0 Å². The molecule has 0 fully saturated rings. The highest BCUT2D eigenvalue weighted by Crippen LogP contribution is 2.17. The van der Waals surface area contributed by atoms with Crippen molar-refractivity contribution in [3.05, 3.63) is 42.0 Å². The average Bonchev–Trinajstić information content (AvgIpc) is 2.69. The molecule has 1 aromatic carbocycles. The third-order valence-electron chi connectivity index (χ3n) is 2.40. The Hall–Kier alpha value is -2.17. The number of hydrogen-bond acceptors (Lipinski definition) is 3. The van der Waals surface area contributed by atoms with Crippen LogP contribution in [0.15, 0.2) is 30.6 Å². The smallest absolute Gasteiger partial charge is 0.253 e. The van der Waals surface area contributed by atoms with Crippen molar-refractivity contribution in [1.29, 1.82) is 0 Å². The van der Waals surface area contributed by atoms with Crippen molar-refractivity contribution in [3.8, 4) is 5.69 Å². The molecule has 0 atom stereocenters. The number of aromatic nitrogens is 3. The topological polar surface area (TPSA) is 59.8 Å². The molecule has 74 valence electrons. The van der Waals surface area contributed by atoms with Crippen LogP contribution in [0.3, 0.4) is 0 Å². The molecule has 1 aromatic heterocycles. The monoisotopic (exact) mass is 200 g/mol. The van der Waals surface area contributed by atoms with Gasteiger partial charge in [-0.1, -0.05) is 12.1 Å². The maximum absolute atomic E-state index is 11.7. The zero-order valence-corrected chi connectivity index (χ0v) is 7.84. The predicted molar refractivity (Wildman–Crippen MR) is 52.5 cm³/mol. The number of carbonyl (C=O) groups is 1. The Morgan fingerprint density at radius 2 is 2.20 bits per heavy atom. The van der Waals surface area contributed by atoms with Gasteiger partial charge in [-0.25, -0.2) is 9.67 Å². The summed E-state index contributed by atoms with van der Waals surface area (Å²) in [6.45, 7) is 0.410. The molecule has 1 aliphatic rings. The van der Waals surface area contributed by atoms with E-state index in [4.69, 9.17) is 0 Å². The van der Waals surface area contributed by atoms with Crippen LogP contribution < -0.4 is 5.32 Å². The van der Waals surface area contributed by atoms with Gasteiger partial charge < -0.3 is 5.32 Å². The van der Waals surface area contributed by atoms with Crippen LogP contribution in [0.5, 0.6) is 0 Å². The second kappa shape index (κ2) is 2.91. The quantitative estimate of drug-likeness (QED) is 0.674. The minimum atomic E-state index is -0.0853. The van der Waals surface area contributed by atoms with Gasteiger partial charge in [-0.3, -0.25) is 4.79 Å². The van der Waals surface area contributed by atoms with Gasteiger partial charge in [0.25, 0.3) is 5.91 Å². The molecule has 15 heavy (non-hydrogen) atoms. The average molecular weight is 200 g/mol. The van der Waals surface area contributed by atoms with Crippen molar-refractivity contribution in [2.75, 3.05) is 0 Å². The number of benzene rings is 1. The van der Waals surface area contributed by atoms with Crippen LogP contribution in [0.25, 0.3) is 5.69 Å². The van der Waals surface area contributed by atoms with Crippen molar-refractivity contribution in [1.82, 2.24) is 20.1 Å². The van der Waals surface area contributed by atoms with E-state index in [2.05, 4.69) is 15.4 Å². The van der Waals surface area contributed by atoms with Crippen molar-refractivity contribution >= 4 is 5.91 Å². The number of amides is 1. The minimum Gasteiger partial charge on any atom is -0.345 e. The highest BCUT2D eigenvalue weighted by molar-refractivity contribution is 5.98. The number of hydrogen-bond donors (Lipinski definition) is 1. The van der Waals surface area contributed by atoms with Gasteiger partial charge in [0.05, 0.1) is 17.8 Å². The predicted octanol–water partition coefficient (Wildman–Crippen LogP) is 0.511. The van der Waals surface area contributed by atoms with Crippen molar-refractivity contribution in [2.24, 2.45) is 0 Å². The van der Waals surface area contributed by atoms with Gasteiger partial charge >= 0.3 is 0 Å². The molecule has 1 amide bonds. The first kappa shape index (κ1) is 8.16. The zero-order valence-electron chi connectivity index (χ0n) is 7.84. The van der Waals surface area contributed by atoms with Crippen LogP contribution in [-0.4, -0.2) is 20.7 Å². The number of fused-ring (bicyclic) bond motifs is 3. The van der Waals surface area contributed by atoms with E-state index in [0.29, 0.717) is 12.1 Å². The fourth-order valence-corrected chi connectivity index (χ4v) is 1.69. The molecule has 0 radical (unpaired) electrons. The maximum Gasteiger partial charge on any atom is 0.253 e. The Morgan fingerprint density at radius 1 is 1.33 bits per heavy atom. The first-order valence-electron chi connectivity index (χ1n) is 4.63. The molecule has 0 bridgehead atoms. The summed E-state index contributed by atoms with van der Waals surface area (Å²) in [5.41, 5.74) is 1.40. The van der Waals surface area contributed by atoms with Crippen LogP contribution in [-0.2, 0) is 6.54 Å². The summed E-state index contributed by atoms with van der Waals surface area (Å²) < 4.78 is 1.69. The summed E-state index contributed by atoms with van der Waals surface area (Å²) in [7, 11) is 0. The fourth-order valence-electron chi connectivity index (χ4n) is 1.69. The van der Waals surface area contributed by atoms with Crippen LogP contribution in [0, 0.1) is 0 Å². The van der Waals surface area contributed by atoms with Crippen LogP contribution in [0.4, 0.5) is 0 Å². The Morgan fingerprint density at radius 3 is 3.13 bits per heavy atom. The first-order chi connectivity index (χ1) is 7.36. The highest BCUT2D eigenvalue weighted by atomic mass is 16.1. The molecule has 3 rings (SSSR count). The molecule has 0 aliphatic carbocycles. The number of para-hydroxylation sites is 1. The molecule has 2 heterocycles. The Kier molecular flexibility index (Phi) is 1.58. The molecule has 5 nitrogen and oxygen atoms in total. The Bertz CT molecular complexity index is 532. The van der Waals surface area contributed by atoms with E-state index in [-0.39, 0.29) is 5.91 Å². The molecule has 1 aliphatic heterocycles. The number of nitrogens with zero attached hydrogens (tertiary/aromatic N) is 3. The van der Waals surface area contributed by atoms with E-state index in [9.17, 15) is 4.79 Å². The second-order valence-electron chi connectivity index (χ2n) is 3.29. The highest BCUT2D eigenvalue weighted by Gasteiger charge is 2.19. The third kappa shape index (κ3) is 1.13. The Balaban J connectivity index is 2.32. The zero-order chi connectivity index (χ0) is 10.3. The van der Waals surface area contributed by atoms with Gasteiger partial charge in [0.2, 0.25) is 0 Å². The molecule has 0 saturated heterocycles. The van der Waals surface area contributed by atoms with E-state index in [1.165, 1.54) is 6.33 Å². The maximum atomic E-state index is 11.7. The summed E-state index contributed by atoms with van der Waals surface area (Å²) in [4.78, 5) is 15.8. The van der Waals surface area contributed by atoms with E-state index in [1.807, 2.05) is 18.2 Å². The Labute approximate surface area is 85.8 Å². The first-order valence-corrected chi connectivity index (χ1v) is 4.63. The van der Waals surface area contributed by atoms with E-state index in [1.54, 1.807) is 10.7 Å². The summed E-state index contributed by atoms with van der Waals surface area (Å²) >= 11 is 0. The molecule has 2 aromatic rings. The van der Waals surface area contributed by atoms with E-state index >= 15 is 0 Å². The lowest BCUT2D eigenvalue weighted by Crippen LogP contribution is -2.21. The van der Waals surface area contributed by atoms with Gasteiger partial charge in [0.15, 0.2) is 5.82 Å². The molecular formula is C10H8N4O. The summed E-state index contributed by atoms with van der Waals surface area (Å²) in [6.07, 6.45) is 1.49. The summed E-state index contributed by atoms with van der Waals surface area (Å²) in [5, 5.41) is 6.89. The molecule has 5 heteroatoms. The standard InChI is InChI=1S/C10H8N4O/c15-10-7-3-1-2-4-8(7)14-9(5-11-10)12-6-13-14/h1-4,6H,5H2,(H,11,15).